The van der Waals surface area contributed by atoms with Crippen LogP contribution < -0.4 is 29.6 Å². The van der Waals surface area contributed by atoms with Crippen LogP contribution in [0.5, 0.6) is 5.75 Å². The summed E-state index contributed by atoms with van der Waals surface area (Å²) in [6.07, 6.45) is 0. The summed E-state index contributed by atoms with van der Waals surface area (Å²) in [5.41, 5.74) is 2.13. The number of rotatable bonds is 1. The number of benzene rings is 1. The van der Waals surface area contributed by atoms with Gasteiger partial charge in [-0.05, 0) is 30.0 Å². The second kappa shape index (κ2) is 4.90. The van der Waals surface area contributed by atoms with E-state index in [1.807, 2.05) is 19.1 Å². The summed E-state index contributed by atoms with van der Waals surface area (Å²) in [4.78, 5) is 0. The van der Waals surface area contributed by atoms with Gasteiger partial charge in [-0.25, -0.2) is 0 Å². The number of aryl methyl sites for hydroxylation is 1. The van der Waals surface area contributed by atoms with Gasteiger partial charge in [0.15, 0.2) is 0 Å². The van der Waals surface area contributed by atoms with Crippen molar-refractivity contribution in [1.82, 2.24) is 0 Å². The molecular formula is C10H15NaO. The van der Waals surface area contributed by atoms with E-state index < -0.39 is 0 Å². The molecule has 0 heterocycles. The molecule has 0 saturated heterocycles. The van der Waals surface area contributed by atoms with Crippen molar-refractivity contribution in [2.24, 2.45) is 0 Å². The third-order valence-corrected chi connectivity index (χ3v) is 1.90. The van der Waals surface area contributed by atoms with Crippen LogP contribution in [-0.2, 0) is 0 Å². The van der Waals surface area contributed by atoms with Crippen molar-refractivity contribution in [2.45, 2.75) is 26.7 Å². The molecule has 0 aliphatic heterocycles. The Kier molecular flexibility index (Phi) is 4.91. The van der Waals surface area contributed by atoms with Crippen LogP contribution in [0.3, 0.4) is 0 Å². The Morgan fingerprint density at radius 3 is 2.33 bits per heavy atom. The fourth-order valence-corrected chi connectivity index (χ4v) is 0.986. The largest absolute Gasteiger partial charge is 1.00 e. The Balaban J connectivity index is 0. The van der Waals surface area contributed by atoms with E-state index in [0.29, 0.717) is 11.7 Å². The van der Waals surface area contributed by atoms with Crippen LogP contribution in [0.2, 0.25) is 0 Å². The second-order valence-electron chi connectivity index (χ2n) is 3.20. The van der Waals surface area contributed by atoms with E-state index in [1.54, 1.807) is 0 Å². The maximum atomic E-state index is 9.35. The second-order valence-corrected chi connectivity index (χ2v) is 3.20. The first-order valence-electron chi connectivity index (χ1n) is 3.91. The molecule has 0 unspecified atom stereocenters. The molecule has 1 aromatic rings. The molecule has 12 heavy (non-hydrogen) atoms. The summed E-state index contributed by atoms with van der Waals surface area (Å²) >= 11 is 0. The predicted molar refractivity (Wildman–Crippen MR) is 48.0 cm³/mol. The van der Waals surface area contributed by atoms with Gasteiger partial charge in [0.1, 0.15) is 5.75 Å². The first-order valence-corrected chi connectivity index (χ1v) is 3.91. The predicted octanol–water partition coefficient (Wildman–Crippen LogP) is -0.0595. The molecule has 1 nitrogen and oxygen atoms in total. The molecule has 0 amide bonds. The van der Waals surface area contributed by atoms with Crippen LogP contribution in [0.4, 0.5) is 0 Å². The number of aromatic hydroxyl groups is 1. The summed E-state index contributed by atoms with van der Waals surface area (Å²) in [5.74, 6) is 0.887. The molecule has 2 heteroatoms. The smallest absolute Gasteiger partial charge is 1.00 e. The van der Waals surface area contributed by atoms with E-state index in [9.17, 15) is 5.11 Å². The molecule has 0 fully saturated rings. The molecule has 0 aliphatic rings. The van der Waals surface area contributed by atoms with Crippen molar-refractivity contribution in [3.05, 3.63) is 29.3 Å². The van der Waals surface area contributed by atoms with Gasteiger partial charge in [0, 0.05) is 0 Å². The maximum Gasteiger partial charge on any atom is 1.00 e. The van der Waals surface area contributed by atoms with Gasteiger partial charge in [0.05, 0.1) is 0 Å². The van der Waals surface area contributed by atoms with Gasteiger partial charge in [0.2, 0.25) is 0 Å². The molecule has 0 aliphatic carbocycles. The molecule has 0 saturated carbocycles. The SMILES string of the molecule is Cc1ccc(C(C)C)cc1O.[H-].[Na+]. The first kappa shape index (κ1) is 12.0. The zero-order valence-corrected chi connectivity index (χ0v) is 10.3. The average molecular weight is 174 g/mol. The Hall–Kier alpha value is 0.0200. The van der Waals surface area contributed by atoms with E-state index in [0.717, 1.165) is 5.56 Å². The third kappa shape index (κ3) is 2.81. The van der Waals surface area contributed by atoms with Gasteiger partial charge in [0.25, 0.3) is 0 Å². The monoisotopic (exact) mass is 174 g/mol. The van der Waals surface area contributed by atoms with Crippen molar-refractivity contribution in [1.29, 1.82) is 0 Å². The average Bonchev–Trinajstić information content (AvgIpc) is 1.94. The fraction of sp³-hybridized carbons (Fsp3) is 0.400. The number of phenolic OH excluding ortho intramolecular Hbond substituents is 1. The molecule has 1 rings (SSSR count). The summed E-state index contributed by atoms with van der Waals surface area (Å²) in [6.45, 7) is 6.13. The van der Waals surface area contributed by atoms with Crippen molar-refractivity contribution < 1.29 is 36.1 Å². The molecule has 0 aromatic heterocycles. The standard InChI is InChI=1S/C10H14O.Na.H/c1-7(2)9-5-4-8(3)10(11)6-9;;/h4-7,11H,1-3H3;;/q;+1;-1. The molecular weight excluding hydrogens is 159 g/mol. The van der Waals surface area contributed by atoms with Crippen molar-refractivity contribution in [3.63, 3.8) is 0 Å². The van der Waals surface area contributed by atoms with Crippen LogP contribution in [0.25, 0.3) is 0 Å². The Morgan fingerprint density at radius 2 is 1.92 bits per heavy atom. The van der Waals surface area contributed by atoms with Crippen molar-refractivity contribution in [3.8, 4) is 5.75 Å². The topological polar surface area (TPSA) is 20.2 Å². The molecule has 0 atom stereocenters. The third-order valence-electron chi connectivity index (χ3n) is 1.90. The van der Waals surface area contributed by atoms with Gasteiger partial charge < -0.3 is 6.53 Å². The minimum Gasteiger partial charge on any atom is -1.00 e. The van der Waals surface area contributed by atoms with Crippen LogP contribution in [0.1, 0.15) is 32.3 Å². The Bertz CT molecular complexity index is 261. The van der Waals surface area contributed by atoms with Gasteiger partial charge in [-0.15, -0.1) is 0 Å². The molecule has 0 spiro atoms. The van der Waals surface area contributed by atoms with Crippen LogP contribution in [-0.4, -0.2) is 5.11 Å². The van der Waals surface area contributed by atoms with Gasteiger partial charge in [-0.3, -0.25) is 0 Å². The van der Waals surface area contributed by atoms with E-state index in [-0.39, 0.29) is 31.0 Å². The minimum absolute atomic E-state index is 0. The Morgan fingerprint density at radius 1 is 1.33 bits per heavy atom. The van der Waals surface area contributed by atoms with E-state index in [1.165, 1.54) is 5.56 Å². The van der Waals surface area contributed by atoms with Gasteiger partial charge in [-0.1, -0.05) is 26.0 Å². The molecule has 0 radical (unpaired) electrons. The number of hydrogen-bond acceptors (Lipinski definition) is 1. The van der Waals surface area contributed by atoms with E-state index >= 15 is 0 Å². The zero-order chi connectivity index (χ0) is 8.43. The molecule has 1 N–H and O–H groups in total. The zero-order valence-electron chi connectivity index (χ0n) is 9.26. The quantitative estimate of drug-likeness (QED) is 0.591. The molecule has 0 bridgehead atoms. The summed E-state index contributed by atoms with van der Waals surface area (Å²) in [6, 6.07) is 5.84. The number of phenols is 1. The van der Waals surface area contributed by atoms with Crippen molar-refractivity contribution >= 4 is 0 Å². The molecule has 62 valence electrons. The summed E-state index contributed by atoms with van der Waals surface area (Å²) < 4.78 is 0. The van der Waals surface area contributed by atoms with Crippen LogP contribution in [0.15, 0.2) is 18.2 Å². The number of hydrogen-bond donors (Lipinski definition) is 1. The fourth-order valence-electron chi connectivity index (χ4n) is 0.986. The van der Waals surface area contributed by atoms with Gasteiger partial charge >= 0.3 is 29.6 Å². The maximum absolute atomic E-state index is 9.35. The first-order chi connectivity index (χ1) is 5.11. The minimum atomic E-state index is 0. The molecule has 1 aromatic carbocycles. The van der Waals surface area contributed by atoms with E-state index in [2.05, 4.69) is 19.9 Å². The van der Waals surface area contributed by atoms with Crippen LogP contribution >= 0.6 is 0 Å². The Labute approximate surface area is 97.6 Å². The summed E-state index contributed by atoms with van der Waals surface area (Å²) in [7, 11) is 0. The van der Waals surface area contributed by atoms with Crippen LogP contribution in [0, 0.1) is 6.92 Å². The summed E-state index contributed by atoms with van der Waals surface area (Å²) in [5, 5.41) is 9.35. The normalized spacial score (nSPS) is 9.67. The van der Waals surface area contributed by atoms with Crippen molar-refractivity contribution in [2.75, 3.05) is 0 Å². The van der Waals surface area contributed by atoms with E-state index in [4.69, 9.17) is 0 Å². The van der Waals surface area contributed by atoms with Gasteiger partial charge in [-0.2, -0.15) is 0 Å².